The van der Waals surface area contributed by atoms with Gasteiger partial charge in [-0.05, 0) is 24.6 Å². The zero-order valence-electron chi connectivity index (χ0n) is 10.3. The fourth-order valence-electron chi connectivity index (χ4n) is 1.49. The van der Waals surface area contributed by atoms with Crippen LogP contribution in [0.5, 0.6) is 5.75 Å². The molecule has 0 heterocycles. The highest BCUT2D eigenvalue weighted by Crippen LogP contribution is 2.62. The van der Waals surface area contributed by atoms with Crippen LogP contribution in [0.25, 0.3) is 0 Å². The van der Waals surface area contributed by atoms with Crippen LogP contribution in [0.3, 0.4) is 0 Å². The van der Waals surface area contributed by atoms with Crippen molar-refractivity contribution in [1.82, 2.24) is 0 Å². The van der Waals surface area contributed by atoms with Gasteiger partial charge in [0, 0.05) is 14.2 Å². The van der Waals surface area contributed by atoms with E-state index in [0.29, 0.717) is 11.3 Å². The lowest BCUT2D eigenvalue weighted by Crippen LogP contribution is -2.23. The summed E-state index contributed by atoms with van der Waals surface area (Å²) in [5.74, 6) is 0.647. The molecule has 0 radical (unpaired) electrons. The topological polar surface area (TPSA) is 65.0 Å². The maximum absolute atomic E-state index is 12.2. The third kappa shape index (κ3) is 2.53. The number of benzene rings is 1. The summed E-state index contributed by atoms with van der Waals surface area (Å²) in [4.78, 5) is 0. The third-order valence-corrected chi connectivity index (χ3v) is 4.94. The summed E-state index contributed by atoms with van der Waals surface area (Å²) in [6.07, 6.45) is 0. The second-order valence-corrected chi connectivity index (χ2v) is 6.21. The molecule has 0 aliphatic heterocycles. The Labute approximate surface area is 101 Å². The molecule has 6 heteroatoms. The number of aliphatic hydroxyl groups is 1. The van der Waals surface area contributed by atoms with Crippen LogP contribution in [0.4, 0.5) is 0 Å². The lowest BCUT2D eigenvalue weighted by atomic mass is 10.1. The Morgan fingerprint density at radius 1 is 1.12 bits per heavy atom. The van der Waals surface area contributed by atoms with Crippen molar-refractivity contribution in [3.05, 3.63) is 29.8 Å². The molecule has 0 saturated heterocycles. The highest BCUT2D eigenvalue weighted by molar-refractivity contribution is 7.54. The van der Waals surface area contributed by atoms with Crippen LogP contribution in [0.1, 0.15) is 12.5 Å². The van der Waals surface area contributed by atoms with Gasteiger partial charge in [0.25, 0.3) is 0 Å². The second kappa shape index (κ2) is 5.19. The quantitative estimate of drug-likeness (QED) is 0.823. The van der Waals surface area contributed by atoms with E-state index in [1.807, 2.05) is 0 Å². The average molecular weight is 260 g/mol. The largest absolute Gasteiger partial charge is 0.497 e. The third-order valence-electron chi connectivity index (χ3n) is 2.65. The Balaban J connectivity index is 3.15. The van der Waals surface area contributed by atoms with Crippen molar-refractivity contribution in [2.24, 2.45) is 0 Å². The van der Waals surface area contributed by atoms with Crippen molar-refractivity contribution in [2.45, 2.75) is 12.3 Å². The Bertz CT molecular complexity index is 404. The van der Waals surface area contributed by atoms with E-state index in [1.165, 1.54) is 21.1 Å². The predicted octanol–water partition coefficient (Wildman–Crippen LogP) is 2.35. The first-order valence-electron chi connectivity index (χ1n) is 5.00. The van der Waals surface area contributed by atoms with E-state index in [2.05, 4.69) is 0 Å². The molecule has 0 amide bonds. The Kier molecular flexibility index (Phi) is 4.33. The summed E-state index contributed by atoms with van der Waals surface area (Å²) < 4.78 is 26.8. The fraction of sp³-hybridized carbons (Fsp3) is 0.455. The van der Waals surface area contributed by atoms with Crippen molar-refractivity contribution in [3.63, 3.8) is 0 Å². The smallest absolute Gasteiger partial charge is 0.365 e. The molecule has 1 aromatic rings. The molecule has 17 heavy (non-hydrogen) atoms. The molecule has 0 spiro atoms. The van der Waals surface area contributed by atoms with E-state index < -0.39 is 12.9 Å². The minimum Gasteiger partial charge on any atom is -0.497 e. The Morgan fingerprint density at radius 2 is 1.59 bits per heavy atom. The van der Waals surface area contributed by atoms with E-state index in [0.717, 1.165) is 0 Å². The van der Waals surface area contributed by atoms with E-state index >= 15 is 0 Å². The minimum atomic E-state index is -3.61. The molecule has 0 aliphatic carbocycles. The predicted molar refractivity (Wildman–Crippen MR) is 64.2 cm³/mol. The van der Waals surface area contributed by atoms with Gasteiger partial charge in [0.2, 0.25) is 0 Å². The molecule has 1 aromatic carbocycles. The van der Waals surface area contributed by atoms with Gasteiger partial charge >= 0.3 is 7.60 Å². The molecule has 1 N–H and O–H groups in total. The SMILES string of the molecule is COc1ccc([C@@](C)(O)P(=O)(OC)OC)cc1. The number of hydrogen-bond acceptors (Lipinski definition) is 5. The van der Waals surface area contributed by atoms with Crippen LogP contribution in [-0.4, -0.2) is 26.4 Å². The fourth-order valence-corrected chi connectivity index (χ4v) is 2.82. The molecule has 0 aromatic heterocycles. The van der Waals surface area contributed by atoms with Gasteiger partial charge in [-0.25, -0.2) is 0 Å². The zero-order valence-corrected chi connectivity index (χ0v) is 11.2. The molecule has 0 saturated carbocycles. The molecular weight excluding hydrogens is 243 g/mol. The van der Waals surface area contributed by atoms with Gasteiger partial charge in [-0.1, -0.05) is 12.1 Å². The number of hydrogen-bond donors (Lipinski definition) is 1. The van der Waals surface area contributed by atoms with E-state index in [4.69, 9.17) is 13.8 Å². The van der Waals surface area contributed by atoms with E-state index in [-0.39, 0.29) is 0 Å². The van der Waals surface area contributed by atoms with Crippen LogP contribution in [0.2, 0.25) is 0 Å². The van der Waals surface area contributed by atoms with Gasteiger partial charge < -0.3 is 18.9 Å². The maximum Gasteiger partial charge on any atom is 0.365 e. The summed E-state index contributed by atoms with van der Waals surface area (Å²) in [6.45, 7) is 1.39. The first-order chi connectivity index (χ1) is 7.91. The Morgan fingerprint density at radius 3 is 1.94 bits per heavy atom. The number of ether oxygens (including phenoxy) is 1. The van der Waals surface area contributed by atoms with Crippen LogP contribution in [0.15, 0.2) is 24.3 Å². The molecule has 0 aliphatic rings. The first kappa shape index (κ1) is 14.2. The number of rotatable bonds is 5. The highest BCUT2D eigenvalue weighted by atomic mass is 31.2. The normalized spacial score (nSPS) is 15.4. The molecule has 0 bridgehead atoms. The minimum absolute atomic E-state index is 0.435. The number of methoxy groups -OCH3 is 1. The molecule has 96 valence electrons. The molecule has 1 atom stereocenters. The lowest BCUT2D eigenvalue weighted by Gasteiger charge is -2.30. The summed E-state index contributed by atoms with van der Waals surface area (Å²) in [6, 6.07) is 6.56. The Hall–Kier alpha value is -0.870. The maximum atomic E-state index is 12.2. The van der Waals surface area contributed by atoms with Crippen LogP contribution in [0, 0.1) is 0 Å². The van der Waals surface area contributed by atoms with Gasteiger partial charge in [-0.2, -0.15) is 0 Å². The highest BCUT2D eigenvalue weighted by Gasteiger charge is 2.46. The van der Waals surface area contributed by atoms with Gasteiger partial charge in [0.1, 0.15) is 5.75 Å². The zero-order chi connectivity index (χ0) is 13.1. The summed E-state index contributed by atoms with van der Waals surface area (Å²) in [5, 5.41) is 8.61. The lowest BCUT2D eigenvalue weighted by molar-refractivity contribution is 0.0932. The van der Waals surface area contributed by atoms with Crippen LogP contribution >= 0.6 is 7.60 Å². The van der Waals surface area contributed by atoms with E-state index in [1.54, 1.807) is 31.4 Å². The van der Waals surface area contributed by atoms with Gasteiger partial charge in [0.05, 0.1) is 7.11 Å². The molecule has 0 unspecified atom stereocenters. The van der Waals surface area contributed by atoms with Crippen molar-refractivity contribution >= 4 is 7.60 Å². The van der Waals surface area contributed by atoms with Crippen molar-refractivity contribution in [1.29, 1.82) is 0 Å². The van der Waals surface area contributed by atoms with Crippen molar-refractivity contribution < 1.29 is 23.5 Å². The van der Waals surface area contributed by atoms with Crippen LogP contribution in [-0.2, 0) is 19.0 Å². The van der Waals surface area contributed by atoms with Gasteiger partial charge in [-0.3, -0.25) is 4.57 Å². The van der Waals surface area contributed by atoms with E-state index in [9.17, 15) is 9.67 Å². The summed E-state index contributed by atoms with van der Waals surface area (Å²) in [7, 11) is 0.406. The average Bonchev–Trinajstić information content (AvgIpc) is 2.37. The van der Waals surface area contributed by atoms with Gasteiger partial charge in [-0.15, -0.1) is 0 Å². The first-order valence-corrected chi connectivity index (χ1v) is 6.54. The monoisotopic (exact) mass is 260 g/mol. The molecule has 0 fully saturated rings. The second-order valence-electron chi connectivity index (χ2n) is 3.61. The summed E-state index contributed by atoms with van der Waals surface area (Å²) >= 11 is 0. The van der Waals surface area contributed by atoms with Crippen LogP contribution < -0.4 is 4.74 Å². The molecule has 1 rings (SSSR count). The molecule has 5 nitrogen and oxygen atoms in total. The van der Waals surface area contributed by atoms with Gasteiger partial charge in [0.15, 0.2) is 5.34 Å². The summed E-state index contributed by atoms with van der Waals surface area (Å²) in [5.41, 5.74) is 0.435. The molecular formula is C11H17O5P. The standard InChI is InChI=1S/C11H17O5P/c1-11(12,17(13,15-3)16-4)9-5-7-10(14-2)8-6-9/h5-8,12H,1-4H3/t11-/m0/s1. The van der Waals surface area contributed by atoms with Crippen molar-refractivity contribution in [3.8, 4) is 5.75 Å². The van der Waals surface area contributed by atoms with Crippen molar-refractivity contribution in [2.75, 3.05) is 21.3 Å².